The maximum Gasteiger partial charge on any atom is 0.192 e. The summed E-state index contributed by atoms with van der Waals surface area (Å²) in [4.78, 5) is 4.37. The zero-order chi connectivity index (χ0) is 14.2. The average molecular weight is 279 g/mol. The third kappa shape index (κ3) is 2.23. The van der Waals surface area contributed by atoms with Gasteiger partial charge in [0.1, 0.15) is 5.52 Å². The number of hydrogen-bond acceptors (Lipinski definition) is 4. The number of aromatic nitrogens is 1. The molecule has 0 spiro atoms. The van der Waals surface area contributed by atoms with Gasteiger partial charge >= 0.3 is 0 Å². The smallest absolute Gasteiger partial charge is 0.192 e. The second-order valence-corrected chi connectivity index (χ2v) is 5.40. The van der Waals surface area contributed by atoms with E-state index < -0.39 is 0 Å². The third-order valence-electron chi connectivity index (χ3n) is 3.91. The van der Waals surface area contributed by atoms with E-state index in [9.17, 15) is 0 Å². The van der Waals surface area contributed by atoms with Crippen molar-refractivity contribution in [3.8, 4) is 0 Å². The summed E-state index contributed by atoms with van der Waals surface area (Å²) < 4.78 is 5.50. The van der Waals surface area contributed by atoms with Crippen molar-refractivity contribution < 1.29 is 4.42 Å². The first-order valence-corrected chi connectivity index (χ1v) is 7.25. The highest BCUT2D eigenvalue weighted by atomic mass is 16.3. The largest absolute Gasteiger partial charge is 0.441 e. The Hall–Kier alpha value is -2.49. The van der Waals surface area contributed by atoms with Crippen LogP contribution in [0.1, 0.15) is 17.0 Å². The molecule has 0 fully saturated rings. The van der Waals surface area contributed by atoms with Crippen LogP contribution in [-0.2, 0) is 13.0 Å². The van der Waals surface area contributed by atoms with Crippen molar-refractivity contribution in [2.24, 2.45) is 0 Å². The van der Waals surface area contributed by atoms with Gasteiger partial charge in [0.15, 0.2) is 11.5 Å². The van der Waals surface area contributed by atoms with Crippen molar-refractivity contribution >= 4 is 22.5 Å². The standard InChI is InChI=1S/C17H17N3O/c1-11-20-15-9-14(5-6-16(15)21-11)19-10-13-4-2-3-12-7-8-18-17(12)13/h2-6,9,18-19H,7-8,10H2,1H3. The van der Waals surface area contributed by atoms with Gasteiger partial charge in [0.05, 0.1) is 0 Å². The number of rotatable bonds is 3. The lowest BCUT2D eigenvalue weighted by molar-refractivity contribution is 0.561. The van der Waals surface area contributed by atoms with Crippen LogP contribution in [0.25, 0.3) is 11.1 Å². The highest BCUT2D eigenvalue weighted by Crippen LogP contribution is 2.27. The first-order chi connectivity index (χ1) is 10.3. The monoisotopic (exact) mass is 279 g/mol. The van der Waals surface area contributed by atoms with Crippen LogP contribution in [0.5, 0.6) is 0 Å². The van der Waals surface area contributed by atoms with E-state index in [1.165, 1.54) is 16.8 Å². The van der Waals surface area contributed by atoms with Crippen LogP contribution in [0.3, 0.4) is 0 Å². The van der Waals surface area contributed by atoms with Crippen molar-refractivity contribution in [3.63, 3.8) is 0 Å². The fraction of sp³-hybridized carbons (Fsp3) is 0.235. The molecule has 1 aliphatic rings. The fourth-order valence-electron chi connectivity index (χ4n) is 2.91. The topological polar surface area (TPSA) is 50.1 Å². The van der Waals surface area contributed by atoms with Gasteiger partial charge in [-0.2, -0.15) is 0 Å². The maximum absolute atomic E-state index is 5.50. The Bertz CT molecular complexity index is 807. The van der Waals surface area contributed by atoms with Gasteiger partial charge in [-0.1, -0.05) is 18.2 Å². The second kappa shape index (κ2) is 4.81. The van der Waals surface area contributed by atoms with Gasteiger partial charge in [0.2, 0.25) is 0 Å². The summed E-state index contributed by atoms with van der Waals surface area (Å²) in [6, 6.07) is 12.5. The van der Waals surface area contributed by atoms with E-state index in [0.717, 1.165) is 36.3 Å². The van der Waals surface area contributed by atoms with Gasteiger partial charge in [-0.05, 0) is 35.7 Å². The van der Waals surface area contributed by atoms with Crippen LogP contribution >= 0.6 is 0 Å². The quantitative estimate of drug-likeness (QED) is 0.767. The molecule has 2 N–H and O–H groups in total. The van der Waals surface area contributed by atoms with E-state index in [0.29, 0.717) is 5.89 Å². The Labute approximate surface area is 123 Å². The SMILES string of the molecule is Cc1nc2cc(NCc3cccc4c3NCC4)ccc2o1. The molecule has 0 radical (unpaired) electrons. The van der Waals surface area contributed by atoms with E-state index in [-0.39, 0.29) is 0 Å². The number of fused-ring (bicyclic) bond motifs is 2. The number of nitrogens with one attached hydrogen (secondary N) is 2. The summed E-state index contributed by atoms with van der Waals surface area (Å²) >= 11 is 0. The lowest BCUT2D eigenvalue weighted by Gasteiger charge is -2.11. The minimum absolute atomic E-state index is 0.701. The van der Waals surface area contributed by atoms with Crippen LogP contribution < -0.4 is 10.6 Å². The zero-order valence-corrected chi connectivity index (χ0v) is 11.9. The molecule has 1 aromatic heterocycles. The molecule has 1 aliphatic heterocycles. The molecule has 0 atom stereocenters. The molecule has 2 aromatic carbocycles. The highest BCUT2D eigenvalue weighted by molar-refractivity contribution is 5.77. The summed E-state index contributed by atoms with van der Waals surface area (Å²) in [5.74, 6) is 0.701. The van der Waals surface area contributed by atoms with Crippen molar-refractivity contribution in [3.05, 3.63) is 53.4 Å². The number of nitrogens with zero attached hydrogens (tertiary/aromatic N) is 1. The Morgan fingerprint density at radius 2 is 2.24 bits per heavy atom. The van der Waals surface area contributed by atoms with E-state index in [4.69, 9.17) is 4.42 Å². The number of hydrogen-bond donors (Lipinski definition) is 2. The summed E-state index contributed by atoms with van der Waals surface area (Å²) in [7, 11) is 0. The molecule has 0 amide bonds. The summed E-state index contributed by atoms with van der Waals surface area (Å²) in [5, 5.41) is 6.94. The number of oxazole rings is 1. The molecule has 4 rings (SSSR count). The van der Waals surface area contributed by atoms with Gasteiger partial charge in [0.25, 0.3) is 0 Å². The number of benzene rings is 2. The van der Waals surface area contributed by atoms with Gasteiger partial charge in [0, 0.05) is 31.4 Å². The van der Waals surface area contributed by atoms with Crippen LogP contribution in [-0.4, -0.2) is 11.5 Å². The van der Waals surface area contributed by atoms with Crippen molar-refractivity contribution in [2.45, 2.75) is 19.9 Å². The van der Waals surface area contributed by atoms with Gasteiger partial charge in [-0.25, -0.2) is 4.98 Å². The van der Waals surface area contributed by atoms with E-state index in [1.54, 1.807) is 0 Å². The Morgan fingerprint density at radius 3 is 3.19 bits per heavy atom. The lowest BCUT2D eigenvalue weighted by atomic mass is 10.1. The van der Waals surface area contributed by atoms with E-state index in [2.05, 4.69) is 33.8 Å². The number of aryl methyl sites for hydroxylation is 1. The second-order valence-electron chi connectivity index (χ2n) is 5.40. The first kappa shape index (κ1) is 12.3. The molecule has 21 heavy (non-hydrogen) atoms. The number of para-hydroxylation sites is 1. The number of anilines is 2. The van der Waals surface area contributed by atoms with Crippen molar-refractivity contribution in [2.75, 3.05) is 17.2 Å². The minimum atomic E-state index is 0.701. The Balaban J connectivity index is 1.57. The van der Waals surface area contributed by atoms with Gasteiger partial charge < -0.3 is 15.1 Å². The minimum Gasteiger partial charge on any atom is -0.441 e. The van der Waals surface area contributed by atoms with E-state index >= 15 is 0 Å². The molecule has 0 saturated carbocycles. The molecule has 0 aliphatic carbocycles. The van der Waals surface area contributed by atoms with E-state index in [1.807, 2.05) is 25.1 Å². The highest BCUT2D eigenvalue weighted by Gasteiger charge is 2.13. The van der Waals surface area contributed by atoms with Crippen LogP contribution in [0.4, 0.5) is 11.4 Å². The van der Waals surface area contributed by atoms with Crippen molar-refractivity contribution in [1.82, 2.24) is 4.98 Å². The van der Waals surface area contributed by atoms with Crippen LogP contribution in [0.2, 0.25) is 0 Å². The van der Waals surface area contributed by atoms with Crippen LogP contribution in [0, 0.1) is 6.92 Å². The van der Waals surface area contributed by atoms with Gasteiger partial charge in [-0.15, -0.1) is 0 Å². The van der Waals surface area contributed by atoms with Crippen molar-refractivity contribution in [1.29, 1.82) is 0 Å². The van der Waals surface area contributed by atoms with Gasteiger partial charge in [-0.3, -0.25) is 0 Å². The zero-order valence-electron chi connectivity index (χ0n) is 11.9. The molecule has 106 valence electrons. The maximum atomic E-state index is 5.50. The molecular weight excluding hydrogens is 262 g/mol. The normalized spacial score (nSPS) is 13.2. The molecule has 2 heterocycles. The molecular formula is C17H17N3O. The molecule has 0 saturated heterocycles. The Kier molecular flexibility index (Phi) is 2.81. The summed E-state index contributed by atoms with van der Waals surface area (Å²) in [6.45, 7) is 3.71. The molecule has 3 aromatic rings. The molecule has 0 bridgehead atoms. The Morgan fingerprint density at radius 1 is 1.29 bits per heavy atom. The molecule has 4 nitrogen and oxygen atoms in total. The summed E-state index contributed by atoms with van der Waals surface area (Å²) in [5.41, 5.74) is 6.81. The summed E-state index contributed by atoms with van der Waals surface area (Å²) in [6.07, 6.45) is 1.12. The van der Waals surface area contributed by atoms with Crippen LogP contribution in [0.15, 0.2) is 40.8 Å². The third-order valence-corrected chi connectivity index (χ3v) is 3.91. The lowest BCUT2D eigenvalue weighted by Crippen LogP contribution is -2.02. The first-order valence-electron chi connectivity index (χ1n) is 7.25. The average Bonchev–Trinajstić information content (AvgIpc) is 3.09. The molecule has 0 unspecified atom stereocenters. The predicted molar refractivity (Wildman–Crippen MR) is 84.7 cm³/mol. The fourth-order valence-corrected chi connectivity index (χ4v) is 2.91. The molecule has 4 heteroatoms. The predicted octanol–water partition coefficient (Wildman–Crippen LogP) is 3.72.